The predicted molar refractivity (Wildman–Crippen MR) is 103 cm³/mol. The minimum absolute atomic E-state index is 0.00789. The van der Waals surface area contributed by atoms with Crippen LogP contribution in [0.5, 0.6) is 5.75 Å². The van der Waals surface area contributed by atoms with Crippen LogP contribution in [-0.2, 0) is 23.2 Å². The molecule has 0 saturated carbocycles. The SMILES string of the molecule is CCCCn1c(COc2ccccc2[N+](=O)[O-])nc2cc(S(N)(=O)=O)ccc21. The van der Waals surface area contributed by atoms with Crippen LogP contribution in [0.4, 0.5) is 5.69 Å². The van der Waals surface area contributed by atoms with Crippen LogP contribution in [0, 0.1) is 10.1 Å². The molecule has 0 aliphatic carbocycles. The molecule has 0 aliphatic heterocycles. The van der Waals surface area contributed by atoms with Crippen LogP contribution >= 0.6 is 0 Å². The summed E-state index contributed by atoms with van der Waals surface area (Å²) in [6.07, 6.45) is 1.85. The molecule has 1 heterocycles. The Labute approximate surface area is 162 Å². The van der Waals surface area contributed by atoms with E-state index in [2.05, 4.69) is 11.9 Å². The zero-order chi connectivity index (χ0) is 20.3. The molecule has 0 fully saturated rings. The number of hydrogen-bond donors (Lipinski definition) is 1. The smallest absolute Gasteiger partial charge is 0.310 e. The van der Waals surface area contributed by atoms with E-state index in [-0.39, 0.29) is 22.9 Å². The number of nitrogens with two attached hydrogens (primary N) is 1. The Kier molecular flexibility index (Phi) is 5.61. The first-order chi connectivity index (χ1) is 13.3. The molecule has 0 bridgehead atoms. The van der Waals surface area contributed by atoms with Gasteiger partial charge in [0.2, 0.25) is 10.0 Å². The Bertz CT molecular complexity index is 1120. The third-order valence-electron chi connectivity index (χ3n) is 4.28. The van der Waals surface area contributed by atoms with E-state index in [1.54, 1.807) is 18.2 Å². The van der Waals surface area contributed by atoms with Gasteiger partial charge in [-0.2, -0.15) is 0 Å². The maximum Gasteiger partial charge on any atom is 0.310 e. The third kappa shape index (κ3) is 4.12. The molecule has 148 valence electrons. The average Bonchev–Trinajstić information content (AvgIpc) is 3.00. The number of para-hydroxylation sites is 2. The monoisotopic (exact) mass is 404 g/mol. The van der Waals surface area contributed by atoms with Gasteiger partial charge in [0.1, 0.15) is 12.4 Å². The quantitative estimate of drug-likeness (QED) is 0.454. The lowest BCUT2D eigenvalue weighted by Gasteiger charge is -2.10. The van der Waals surface area contributed by atoms with Crippen molar-refractivity contribution in [2.75, 3.05) is 0 Å². The van der Waals surface area contributed by atoms with Crippen LogP contribution in [0.15, 0.2) is 47.4 Å². The van der Waals surface area contributed by atoms with Crippen LogP contribution in [0.2, 0.25) is 0 Å². The van der Waals surface area contributed by atoms with Gasteiger partial charge in [-0.15, -0.1) is 0 Å². The number of nitrogens with zero attached hydrogens (tertiary/aromatic N) is 3. The molecule has 9 nitrogen and oxygen atoms in total. The molecule has 2 N–H and O–H groups in total. The normalized spacial score (nSPS) is 11.6. The van der Waals surface area contributed by atoms with Gasteiger partial charge in [-0.1, -0.05) is 25.5 Å². The number of aryl methyl sites for hydroxylation is 1. The predicted octanol–water partition coefficient (Wildman–Crippen LogP) is 2.97. The van der Waals surface area contributed by atoms with E-state index < -0.39 is 14.9 Å². The first-order valence-corrected chi connectivity index (χ1v) is 10.2. The number of benzene rings is 2. The fraction of sp³-hybridized carbons (Fsp3) is 0.278. The highest BCUT2D eigenvalue weighted by Crippen LogP contribution is 2.27. The molecule has 28 heavy (non-hydrogen) atoms. The molecule has 3 rings (SSSR count). The van der Waals surface area contributed by atoms with Crippen molar-refractivity contribution < 1.29 is 18.1 Å². The van der Waals surface area contributed by atoms with Crippen molar-refractivity contribution in [1.29, 1.82) is 0 Å². The van der Waals surface area contributed by atoms with Crippen LogP contribution in [0.25, 0.3) is 11.0 Å². The summed E-state index contributed by atoms with van der Waals surface area (Å²) in [4.78, 5) is 15.1. The van der Waals surface area contributed by atoms with Crippen molar-refractivity contribution in [2.24, 2.45) is 5.14 Å². The first-order valence-electron chi connectivity index (χ1n) is 8.69. The Morgan fingerprint density at radius 1 is 1.25 bits per heavy atom. The molecule has 0 amide bonds. The van der Waals surface area contributed by atoms with Crippen molar-refractivity contribution in [3.05, 3.63) is 58.4 Å². The zero-order valence-corrected chi connectivity index (χ0v) is 16.1. The van der Waals surface area contributed by atoms with Gasteiger partial charge in [-0.3, -0.25) is 10.1 Å². The number of unbranched alkanes of at least 4 members (excludes halogenated alkanes) is 1. The molecular formula is C18H20N4O5S. The summed E-state index contributed by atoms with van der Waals surface area (Å²) in [6, 6.07) is 10.6. The summed E-state index contributed by atoms with van der Waals surface area (Å²) in [7, 11) is -3.84. The second-order valence-electron chi connectivity index (χ2n) is 6.24. The number of imidazole rings is 1. The standard InChI is InChI=1S/C18H20N4O5S/c1-2-3-10-21-15-9-8-13(28(19,25)26)11-14(15)20-18(21)12-27-17-7-5-4-6-16(17)22(23)24/h4-9,11H,2-3,10,12H2,1H3,(H2,19,25,26). The Morgan fingerprint density at radius 2 is 2.00 bits per heavy atom. The molecule has 2 aromatic carbocycles. The Morgan fingerprint density at radius 3 is 2.68 bits per heavy atom. The minimum atomic E-state index is -3.84. The number of primary sulfonamides is 1. The summed E-state index contributed by atoms with van der Waals surface area (Å²) >= 11 is 0. The number of sulfonamides is 1. The highest BCUT2D eigenvalue weighted by Gasteiger charge is 2.18. The summed E-state index contributed by atoms with van der Waals surface area (Å²) in [5.41, 5.74) is 1.10. The number of nitro groups is 1. The minimum Gasteiger partial charge on any atom is -0.479 e. The molecular weight excluding hydrogens is 384 g/mol. The van der Waals surface area contributed by atoms with Crippen LogP contribution in [0.3, 0.4) is 0 Å². The van der Waals surface area contributed by atoms with Crippen molar-refractivity contribution in [3.63, 3.8) is 0 Å². The second-order valence-corrected chi connectivity index (χ2v) is 7.80. The van der Waals surface area contributed by atoms with Gasteiger partial charge in [-0.25, -0.2) is 18.5 Å². The van der Waals surface area contributed by atoms with E-state index in [0.717, 1.165) is 18.4 Å². The van der Waals surface area contributed by atoms with Gasteiger partial charge in [0.15, 0.2) is 5.75 Å². The molecule has 0 radical (unpaired) electrons. The van der Waals surface area contributed by atoms with Crippen LogP contribution < -0.4 is 9.88 Å². The molecule has 0 saturated heterocycles. The molecule has 1 aromatic heterocycles. The van der Waals surface area contributed by atoms with Gasteiger partial charge in [0.25, 0.3) is 0 Å². The Hall–Kier alpha value is -2.98. The number of hydrogen-bond acceptors (Lipinski definition) is 6. The number of fused-ring (bicyclic) bond motifs is 1. The summed E-state index contributed by atoms with van der Waals surface area (Å²) in [5, 5.41) is 16.4. The van der Waals surface area contributed by atoms with Crippen LogP contribution in [-0.4, -0.2) is 22.9 Å². The van der Waals surface area contributed by atoms with Gasteiger partial charge in [0, 0.05) is 12.6 Å². The lowest BCUT2D eigenvalue weighted by molar-refractivity contribution is -0.386. The lowest BCUT2D eigenvalue weighted by Crippen LogP contribution is -2.11. The maximum atomic E-state index is 11.6. The fourth-order valence-corrected chi connectivity index (χ4v) is 3.42. The number of ether oxygens (including phenoxy) is 1. The van der Waals surface area contributed by atoms with Crippen molar-refractivity contribution in [1.82, 2.24) is 9.55 Å². The van der Waals surface area contributed by atoms with Gasteiger partial charge < -0.3 is 9.30 Å². The van der Waals surface area contributed by atoms with Crippen molar-refractivity contribution in [2.45, 2.75) is 37.8 Å². The summed E-state index contributed by atoms with van der Waals surface area (Å²) in [5.74, 6) is 0.694. The molecule has 0 spiro atoms. The van der Waals surface area contributed by atoms with E-state index >= 15 is 0 Å². The van der Waals surface area contributed by atoms with E-state index in [1.165, 1.54) is 24.3 Å². The zero-order valence-electron chi connectivity index (χ0n) is 15.2. The number of rotatable bonds is 8. The van der Waals surface area contributed by atoms with Gasteiger partial charge in [-0.05, 0) is 30.7 Å². The van der Waals surface area contributed by atoms with E-state index in [4.69, 9.17) is 9.88 Å². The van der Waals surface area contributed by atoms with E-state index in [1.807, 2.05) is 4.57 Å². The van der Waals surface area contributed by atoms with E-state index in [9.17, 15) is 18.5 Å². The summed E-state index contributed by atoms with van der Waals surface area (Å²) in [6.45, 7) is 2.73. The molecule has 0 atom stereocenters. The molecule has 0 unspecified atom stereocenters. The number of nitro benzene ring substituents is 1. The molecule has 3 aromatic rings. The Balaban J connectivity index is 1.98. The third-order valence-corrected chi connectivity index (χ3v) is 5.19. The van der Waals surface area contributed by atoms with Crippen molar-refractivity contribution in [3.8, 4) is 5.75 Å². The lowest BCUT2D eigenvalue weighted by atomic mass is 10.3. The van der Waals surface area contributed by atoms with Gasteiger partial charge in [0.05, 0.1) is 20.9 Å². The summed E-state index contributed by atoms with van der Waals surface area (Å²) < 4.78 is 30.8. The van der Waals surface area contributed by atoms with Crippen LogP contribution in [0.1, 0.15) is 25.6 Å². The van der Waals surface area contributed by atoms with Crippen molar-refractivity contribution >= 4 is 26.7 Å². The molecule has 10 heteroatoms. The fourth-order valence-electron chi connectivity index (χ4n) is 2.88. The highest BCUT2D eigenvalue weighted by atomic mass is 32.2. The second kappa shape index (κ2) is 7.95. The highest BCUT2D eigenvalue weighted by molar-refractivity contribution is 7.89. The largest absolute Gasteiger partial charge is 0.479 e. The first kappa shape index (κ1) is 19.8. The van der Waals surface area contributed by atoms with E-state index in [0.29, 0.717) is 17.9 Å². The number of aromatic nitrogens is 2. The molecule has 0 aliphatic rings. The topological polar surface area (TPSA) is 130 Å². The van der Waals surface area contributed by atoms with Gasteiger partial charge >= 0.3 is 5.69 Å². The average molecular weight is 404 g/mol. The maximum absolute atomic E-state index is 11.6.